The number of carbonyl (C=O) groups is 1. The molecule has 0 saturated heterocycles. The van der Waals surface area contributed by atoms with E-state index in [-0.39, 0.29) is 18.5 Å². The first-order valence-electron chi connectivity index (χ1n) is 6.21. The van der Waals surface area contributed by atoms with Crippen molar-refractivity contribution >= 4 is 5.78 Å². The van der Waals surface area contributed by atoms with E-state index < -0.39 is 0 Å². The van der Waals surface area contributed by atoms with Gasteiger partial charge in [-0.1, -0.05) is 18.6 Å². The van der Waals surface area contributed by atoms with Gasteiger partial charge in [0, 0.05) is 13.0 Å². The first-order valence-corrected chi connectivity index (χ1v) is 6.21. The fraction of sp³-hybridized carbons (Fsp3) is 0.500. The van der Waals surface area contributed by atoms with Crippen LogP contribution in [0.4, 0.5) is 0 Å². The lowest BCUT2D eigenvalue weighted by Gasteiger charge is -2.25. The van der Waals surface area contributed by atoms with Crippen LogP contribution in [-0.4, -0.2) is 23.6 Å². The van der Waals surface area contributed by atoms with E-state index in [9.17, 15) is 4.79 Å². The van der Waals surface area contributed by atoms with Gasteiger partial charge in [0.1, 0.15) is 11.9 Å². The van der Waals surface area contributed by atoms with Crippen molar-refractivity contribution in [3.05, 3.63) is 29.8 Å². The highest BCUT2D eigenvalue weighted by molar-refractivity contribution is 5.99. The Morgan fingerprint density at radius 1 is 1.24 bits per heavy atom. The lowest BCUT2D eigenvalue weighted by molar-refractivity contribution is 0.0834. The Kier molecular flexibility index (Phi) is 4.15. The molecule has 0 unspecified atom stereocenters. The Balaban J connectivity index is 1.91. The average Bonchev–Trinajstić information content (AvgIpc) is 2.35. The van der Waals surface area contributed by atoms with Crippen LogP contribution in [0.2, 0.25) is 0 Å². The number of rotatable bonds is 5. The summed E-state index contributed by atoms with van der Waals surface area (Å²) in [4.78, 5) is 11.9. The molecule has 0 fully saturated rings. The molecule has 2 rings (SSSR count). The maximum absolute atomic E-state index is 11.9. The zero-order valence-corrected chi connectivity index (χ0v) is 9.89. The number of ether oxygens (including phenoxy) is 1. The molecule has 0 spiro atoms. The van der Waals surface area contributed by atoms with Crippen molar-refractivity contribution in [1.29, 1.82) is 0 Å². The van der Waals surface area contributed by atoms with Gasteiger partial charge in [0.05, 0.1) is 5.56 Å². The van der Waals surface area contributed by atoms with Gasteiger partial charge in [-0.05, 0) is 31.4 Å². The predicted molar refractivity (Wildman–Crippen MR) is 65.4 cm³/mol. The number of para-hydroxylation sites is 1. The topological polar surface area (TPSA) is 46.5 Å². The van der Waals surface area contributed by atoms with Gasteiger partial charge in [-0.2, -0.15) is 0 Å². The van der Waals surface area contributed by atoms with E-state index >= 15 is 0 Å². The maximum Gasteiger partial charge on any atom is 0.170 e. The molecule has 0 bridgehead atoms. The Bertz CT molecular complexity index is 387. The summed E-state index contributed by atoms with van der Waals surface area (Å²) in [5, 5.41) is 8.69. The zero-order valence-electron chi connectivity index (χ0n) is 9.89. The number of Topliss-reactive ketones (excluding diaryl/α,β-unsaturated/α-hetero) is 1. The summed E-state index contributed by atoms with van der Waals surface area (Å²) >= 11 is 0. The molecule has 1 heterocycles. The van der Waals surface area contributed by atoms with E-state index in [1.54, 1.807) is 0 Å². The van der Waals surface area contributed by atoms with E-state index in [0.29, 0.717) is 12.0 Å². The highest BCUT2D eigenvalue weighted by Crippen LogP contribution is 2.28. The smallest absolute Gasteiger partial charge is 0.170 e. The second-order valence-corrected chi connectivity index (χ2v) is 4.44. The molecule has 0 aliphatic carbocycles. The Hall–Kier alpha value is -1.35. The quantitative estimate of drug-likeness (QED) is 0.796. The van der Waals surface area contributed by atoms with E-state index in [4.69, 9.17) is 9.84 Å². The molecule has 1 aromatic rings. The minimum Gasteiger partial charge on any atom is -0.489 e. The molecule has 3 nitrogen and oxygen atoms in total. The Morgan fingerprint density at radius 2 is 2.06 bits per heavy atom. The highest BCUT2D eigenvalue weighted by atomic mass is 16.5. The molecule has 3 heteroatoms. The van der Waals surface area contributed by atoms with Crippen molar-refractivity contribution in [2.75, 3.05) is 6.61 Å². The fourth-order valence-electron chi connectivity index (χ4n) is 2.16. The summed E-state index contributed by atoms with van der Waals surface area (Å²) in [5.74, 6) is 0.898. The van der Waals surface area contributed by atoms with Gasteiger partial charge in [-0.3, -0.25) is 4.79 Å². The van der Waals surface area contributed by atoms with Gasteiger partial charge in [-0.25, -0.2) is 0 Å². The molecule has 1 aliphatic heterocycles. The van der Waals surface area contributed by atoms with Gasteiger partial charge in [0.15, 0.2) is 5.78 Å². The second-order valence-electron chi connectivity index (χ2n) is 4.44. The number of carbonyl (C=O) groups excluding carboxylic acids is 1. The molecule has 17 heavy (non-hydrogen) atoms. The molecule has 0 saturated carbocycles. The van der Waals surface area contributed by atoms with E-state index in [1.807, 2.05) is 24.3 Å². The summed E-state index contributed by atoms with van der Waals surface area (Å²) < 4.78 is 5.80. The molecular formula is C14H18O3. The highest BCUT2D eigenvalue weighted by Gasteiger charge is 2.25. The number of aliphatic hydroxyl groups excluding tert-OH is 1. The third-order valence-corrected chi connectivity index (χ3v) is 3.08. The maximum atomic E-state index is 11.9. The van der Waals surface area contributed by atoms with Gasteiger partial charge in [0.2, 0.25) is 0 Å². The van der Waals surface area contributed by atoms with Crippen molar-refractivity contribution in [3.8, 4) is 5.75 Å². The van der Waals surface area contributed by atoms with E-state index in [0.717, 1.165) is 31.4 Å². The van der Waals surface area contributed by atoms with Crippen LogP contribution in [0, 0.1) is 0 Å². The molecule has 1 aromatic carbocycles. The average molecular weight is 234 g/mol. The minimum absolute atomic E-state index is 0.0103. The first kappa shape index (κ1) is 12.1. The molecule has 0 radical (unpaired) electrons. The Labute approximate surface area is 101 Å². The monoisotopic (exact) mass is 234 g/mol. The van der Waals surface area contributed by atoms with E-state index in [2.05, 4.69) is 0 Å². The summed E-state index contributed by atoms with van der Waals surface area (Å²) in [6, 6.07) is 7.43. The summed E-state index contributed by atoms with van der Waals surface area (Å²) in [5.41, 5.74) is 0.708. The van der Waals surface area contributed by atoms with Crippen LogP contribution in [0.3, 0.4) is 0 Å². The molecule has 1 aliphatic rings. The van der Waals surface area contributed by atoms with E-state index in [1.165, 1.54) is 0 Å². The van der Waals surface area contributed by atoms with Crippen LogP contribution in [0.15, 0.2) is 24.3 Å². The molecular weight excluding hydrogens is 216 g/mol. The number of hydrogen-bond acceptors (Lipinski definition) is 3. The van der Waals surface area contributed by atoms with Crippen LogP contribution in [0.25, 0.3) is 0 Å². The van der Waals surface area contributed by atoms with Crippen molar-refractivity contribution in [1.82, 2.24) is 0 Å². The number of hydrogen-bond donors (Lipinski definition) is 1. The van der Waals surface area contributed by atoms with Gasteiger partial charge >= 0.3 is 0 Å². The Morgan fingerprint density at radius 3 is 2.88 bits per heavy atom. The second kappa shape index (κ2) is 5.82. The summed E-state index contributed by atoms with van der Waals surface area (Å²) in [6.07, 6.45) is 4.21. The van der Waals surface area contributed by atoms with Crippen molar-refractivity contribution in [2.24, 2.45) is 0 Å². The first-order chi connectivity index (χ1) is 8.31. The summed E-state index contributed by atoms with van der Waals surface area (Å²) in [7, 11) is 0. The molecule has 0 aromatic heterocycles. The number of unbranched alkanes of at least 4 members (excludes halogenated alkanes) is 2. The predicted octanol–water partition coefficient (Wildman–Crippen LogP) is 2.57. The van der Waals surface area contributed by atoms with Crippen LogP contribution in [0.1, 0.15) is 42.5 Å². The molecule has 1 N–H and O–H groups in total. The number of benzene rings is 1. The minimum atomic E-state index is 0.0103. The number of aliphatic hydroxyl groups is 1. The lowest BCUT2D eigenvalue weighted by atomic mass is 9.97. The summed E-state index contributed by atoms with van der Waals surface area (Å²) in [6.45, 7) is 0.243. The normalized spacial score (nSPS) is 18.6. The third kappa shape index (κ3) is 3.07. The standard InChI is InChI=1S/C14H18O3/c15-9-5-1-2-6-11-10-13(16)12-7-3-4-8-14(12)17-11/h3-4,7-8,11,15H,1-2,5-6,9-10H2/t11-/m0/s1. The molecule has 0 amide bonds. The van der Waals surface area contributed by atoms with Crippen molar-refractivity contribution < 1.29 is 14.6 Å². The largest absolute Gasteiger partial charge is 0.489 e. The van der Waals surface area contributed by atoms with Gasteiger partial charge < -0.3 is 9.84 Å². The van der Waals surface area contributed by atoms with Crippen LogP contribution in [0.5, 0.6) is 5.75 Å². The van der Waals surface area contributed by atoms with Crippen molar-refractivity contribution in [3.63, 3.8) is 0 Å². The van der Waals surface area contributed by atoms with Gasteiger partial charge in [-0.15, -0.1) is 0 Å². The van der Waals surface area contributed by atoms with Crippen LogP contribution in [-0.2, 0) is 0 Å². The number of fused-ring (bicyclic) bond motifs is 1. The van der Waals surface area contributed by atoms with Gasteiger partial charge in [0.25, 0.3) is 0 Å². The van der Waals surface area contributed by atoms with Crippen LogP contribution >= 0.6 is 0 Å². The zero-order chi connectivity index (χ0) is 12.1. The molecule has 1 atom stereocenters. The third-order valence-electron chi connectivity index (χ3n) is 3.08. The molecule has 92 valence electrons. The SMILES string of the molecule is O=C1C[C@H](CCCCCO)Oc2ccccc21. The number of ketones is 1. The van der Waals surface area contributed by atoms with Crippen molar-refractivity contribution in [2.45, 2.75) is 38.2 Å². The van der Waals surface area contributed by atoms with Crippen LogP contribution < -0.4 is 4.74 Å². The lowest BCUT2D eigenvalue weighted by Crippen LogP contribution is -2.26. The fourth-order valence-corrected chi connectivity index (χ4v) is 2.16.